The van der Waals surface area contributed by atoms with E-state index < -0.39 is 0 Å². The number of hydrogen-bond acceptors (Lipinski definition) is 2. The molecule has 0 aliphatic rings. The Morgan fingerprint density at radius 2 is 1.57 bits per heavy atom. The normalized spacial score (nSPS) is 12.7. The Morgan fingerprint density at radius 1 is 1.00 bits per heavy atom. The molecule has 0 radical (unpaired) electrons. The van der Waals surface area contributed by atoms with Crippen molar-refractivity contribution in [2.24, 2.45) is 5.73 Å². The van der Waals surface area contributed by atoms with Crippen LogP contribution in [-0.2, 0) is 19.3 Å². The van der Waals surface area contributed by atoms with Crippen LogP contribution in [0.5, 0.6) is 0 Å². The summed E-state index contributed by atoms with van der Waals surface area (Å²) in [5.41, 5.74) is 13.3. The topological polar surface area (TPSA) is 26.0 Å². The lowest BCUT2D eigenvalue weighted by molar-refractivity contribution is 0.824. The van der Waals surface area contributed by atoms with Crippen molar-refractivity contribution in [2.75, 3.05) is 0 Å². The van der Waals surface area contributed by atoms with E-state index in [1.54, 1.807) is 11.3 Å². The van der Waals surface area contributed by atoms with Crippen LogP contribution in [0.1, 0.15) is 54.6 Å². The van der Waals surface area contributed by atoms with Gasteiger partial charge in [0, 0.05) is 0 Å². The first-order chi connectivity index (χ1) is 10.0. The fourth-order valence-electron chi connectivity index (χ4n) is 2.76. The average Bonchev–Trinajstić information content (AvgIpc) is 2.83. The predicted octanol–water partition coefficient (Wildman–Crippen LogP) is 6.01. The lowest BCUT2D eigenvalue weighted by Gasteiger charge is -2.21. The Bertz CT molecular complexity index is 609. The second kappa shape index (κ2) is 7.40. The lowest BCUT2D eigenvalue weighted by Crippen LogP contribution is -2.16. The average molecular weight is 431 g/mol. The summed E-state index contributed by atoms with van der Waals surface area (Å²) >= 11 is 8.88. The third-order valence-corrected chi connectivity index (χ3v) is 6.30. The molecule has 0 fully saturated rings. The van der Waals surface area contributed by atoms with Crippen LogP contribution in [0.3, 0.4) is 0 Å². The van der Waals surface area contributed by atoms with Crippen molar-refractivity contribution in [1.82, 2.24) is 0 Å². The highest BCUT2D eigenvalue weighted by Crippen LogP contribution is 2.39. The Balaban J connectivity index is 2.58. The van der Waals surface area contributed by atoms with Crippen LogP contribution in [0, 0.1) is 0 Å². The highest BCUT2D eigenvalue weighted by Gasteiger charge is 2.20. The first-order valence-electron chi connectivity index (χ1n) is 7.36. The van der Waals surface area contributed by atoms with Crippen molar-refractivity contribution in [3.8, 4) is 0 Å². The maximum Gasteiger partial charge on any atom is 0.0761 e. The van der Waals surface area contributed by atoms with Crippen LogP contribution in [0.25, 0.3) is 0 Å². The molecule has 0 saturated heterocycles. The minimum absolute atomic E-state index is 0.0715. The van der Waals surface area contributed by atoms with E-state index in [4.69, 9.17) is 5.73 Å². The highest BCUT2D eigenvalue weighted by molar-refractivity contribution is 9.12. The largest absolute Gasteiger partial charge is 0.320 e. The third-order valence-electron chi connectivity index (χ3n) is 3.91. The van der Waals surface area contributed by atoms with Gasteiger partial charge in [0.1, 0.15) is 0 Å². The number of hydrogen-bond donors (Lipinski definition) is 1. The fourth-order valence-corrected chi connectivity index (χ4v) is 5.69. The van der Waals surface area contributed by atoms with Gasteiger partial charge in [-0.15, -0.1) is 11.3 Å². The van der Waals surface area contributed by atoms with Gasteiger partial charge in [0.05, 0.1) is 13.6 Å². The quantitative estimate of drug-likeness (QED) is 0.617. The summed E-state index contributed by atoms with van der Waals surface area (Å²) < 4.78 is 2.23. The molecule has 1 nitrogen and oxygen atoms in total. The number of thiophene rings is 1. The molecule has 0 amide bonds. The Hall–Kier alpha value is -0.160. The molecule has 0 aliphatic carbocycles. The third kappa shape index (κ3) is 3.61. The smallest absolute Gasteiger partial charge is 0.0761 e. The van der Waals surface area contributed by atoms with Crippen molar-refractivity contribution in [3.63, 3.8) is 0 Å². The van der Waals surface area contributed by atoms with Crippen LogP contribution in [0.15, 0.2) is 25.8 Å². The van der Waals surface area contributed by atoms with E-state index in [2.05, 4.69) is 70.8 Å². The number of nitrogens with two attached hydrogens (primary N) is 1. The van der Waals surface area contributed by atoms with Gasteiger partial charge in [-0.3, -0.25) is 0 Å². The molecular weight excluding hydrogens is 410 g/mol. The van der Waals surface area contributed by atoms with Crippen LogP contribution >= 0.6 is 43.2 Å². The van der Waals surface area contributed by atoms with Crippen molar-refractivity contribution in [3.05, 3.63) is 53.6 Å². The molecule has 2 rings (SSSR count). The molecule has 1 atom stereocenters. The first-order valence-corrected chi connectivity index (χ1v) is 9.76. The summed E-state index contributed by atoms with van der Waals surface area (Å²) in [5.74, 6) is 0. The van der Waals surface area contributed by atoms with Crippen molar-refractivity contribution in [2.45, 2.75) is 46.1 Å². The molecule has 0 spiro atoms. The molecule has 1 aromatic carbocycles. The highest BCUT2D eigenvalue weighted by atomic mass is 79.9. The van der Waals surface area contributed by atoms with Crippen molar-refractivity contribution >= 4 is 43.2 Å². The first kappa shape index (κ1) is 17.2. The molecule has 2 aromatic rings. The van der Waals surface area contributed by atoms with Gasteiger partial charge in [0.15, 0.2) is 0 Å². The monoisotopic (exact) mass is 429 g/mol. The molecule has 2 N–H and O–H groups in total. The van der Waals surface area contributed by atoms with Crippen LogP contribution in [0.4, 0.5) is 0 Å². The zero-order valence-electron chi connectivity index (χ0n) is 12.7. The van der Waals surface area contributed by atoms with E-state index in [1.165, 1.54) is 27.8 Å². The summed E-state index contributed by atoms with van der Waals surface area (Å²) in [6.45, 7) is 6.63. The van der Waals surface area contributed by atoms with Crippen LogP contribution in [-0.4, -0.2) is 0 Å². The van der Waals surface area contributed by atoms with Gasteiger partial charge in [-0.25, -0.2) is 0 Å². The molecule has 4 heteroatoms. The van der Waals surface area contributed by atoms with E-state index in [0.29, 0.717) is 0 Å². The maximum absolute atomic E-state index is 6.63. The standard InChI is InChI=1S/C17H21Br2NS/c1-4-10-7-11(5-2)15(12(6-3)8-10)16(20)13-9-14(18)21-17(13)19/h7-9,16H,4-6,20H2,1-3H3. The molecule has 1 aromatic heterocycles. The van der Waals surface area contributed by atoms with E-state index in [1.807, 2.05) is 0 Å². The molecule has 114 valence electrons. The lowest BCUT2D eigenvalue weighted by atomic mass is 9.87. The number of halogens is 2. The summed E-state index contributed by atoms with van der Waals surface area (Å²) in [5, 5.41) is 0. The predicted molar refractivity (Wildman–Crippen MR) is 100 cm³/mol. The SMILES string of the molecule is CCc1cc(CC)c(C(N)c2cc(Br)sc2Br)c(CC)c1. The van der Waals surface area contributed by atoms with Gasteiger partial charge < -0.3 is 5.73 Å². The van der Waals surface area contributed by atoms with Gasteiger partial charge in [-0.1, -0.05) is 32.9 Å². The van der Waals surface area contributed by atoms with Crippen LogP contribution in [0.2, 0.25) is 0 Å². The molecular formula is C17H21Br2NS. The Morgan fingerprint density at radius 3 is 1.95 bits per heavy atom. The summed E-state index contributed by atoms with van der Waals surface area (Å²) in [7, 11) is 0. The molecule has 0 bridgehead atoms. The van der Waals surface area contributed by atoms with Gasteiger partial charge in [-0.2, -0.15) is 0 Å². The Kier molecular flexibility index (Phi) is 6.06. The van der Waals surface area contributed by atoms with Crippen LogP contribution < -0.4 is 5.73 Å². The van der Waals surface area contributed by atoms with E-state index in [0.717, 1.165) is 26.8 Å². The minimum Gasteiger partial charge on any atom is -0.320 e. The number of aryl methyl sites for hydroxylation is 3. The van der Waals surface area contributed by atoms with Crippen molar-refractivity contribution < 1.29 is 0 Å². The van der Waals surface area contributed by atoms with E-state index in [9.17, 15) is 0 Å². The molecule has 1 unspecified atom stereocenters. The fraction of sp³-hybridized carbons (Fsp3) is 0.412. The second-order valence-corrected chi connectivity index (χ2v) is 8.89. The summed E-state index contributed by atoms with van der Waals surface area (Å²) in [6, 6.07) is 6.71. The minimum atomic E-state index is -0.0715. The number of benzene rings is 1. The van der Waals surface area contributed by atoms with E-state index in [-0.39, 0.29) is 6.04 Å². The molecule has 21 heavy (non-hydrogen) atoms. The Labute approximate surface area is 148 Å². The van der Waals surface area contributed by atoms with Gasteiger partial charge in [0.25, 0.3) is 0 Å². The summed E-state index contributed by atoms with van der Waals surface area (Å²) in [4.78, 5) is 0. The number of rotatable bonds is 5. The van der Waals surface area contributed by atoms with Gasteiger partial charge in [0.2, 0.25) is 0 Å². The molecule has 1 heterocycles. The maximum atomic E-state index is 6.63. The van der Waals surface area contributed by atoms with Gasteiger partial charge in [-0.05, 0) is 85.0 Å². The zero-order chi connectivity index (χ0) is 15.6. The molecule has 0 aliphatic heterocycles. The molecule has 0 saturated carbocycles. The van der Waals surface area contributed by atoms with E-state index >= 15 is 0 Å². The van der Waals surface area contributed by atoms with Crippen molar-refractivity contribution in [1.29, 1.82) is 0 Å². The second-order valence-electron chi connectivity index (χ2n) is 5.15. The zero-order valence-corrected chi connectivity index (χ0v) is 16.7. The summed E-state index contributed by atoms with van der Waals surface area (Å²) in [6.07, 6.45) is 3.11. The van der Waals surface area contributed by atoms with Gasteiger partial charge >= 0.3 is 0 Å².